The first-order valence-electron chi connectivity index (χ1n) is 15.6. The van der Waals surface area contributed by atoms with Gasteiger partial charge in [0.05, 0.1) is 29.9 Å². The van der Waals surface area contributed by atoms with E-state index < -0.39 is 41.0 Å². The predicted octanol–water partition coefficient (Wildman–Crippen LogP) is 5.01. The summed E-state index contributed by atoms with van der Waals surface area (Å²) in [5.41, 5.74) is -1.86. The van der Waals surface area contributed by atoms with Crippen molar-refractivity contribution in [1.82, 2.24) is 25.1 Å². The SMILES string of the molecule is CC(C)(C)O[C@H]1C[C@@H](COCC(=O)N2CCN(c3ncc(C(F)(F)F)cn3)CC2)N(c2cc(C(F)(F)F)c(OCc3ccccc3)nn2)C1. The summed E-state index contributed by atoms with van der Waals surface area (Å²) in [6, 6.07) is 9.17. The van der Waals surface area contributed by atoms with Crippen molar-refractivity contribution < 1.29 is 45.3 Å². The van der Waals surface area contributed by atoms with Crippen LogP contribution in [0.4, 0.5) is 38.1 Å². The zero-order valence-electron chi connectivity index (χ0n) is 27.2. The lowest BCUT2D eigenvalue weighted by molar-refractivity contribution is -0.140. The molecule has 0 radical (unpaired) electrons. The van der Waals surface area contributed by atoms with Crippen molar-refractivity contribution >= 4 is 17.7 Å². The minimum Gasteiger partial charge on any atom is -0.471 e. The maximum absolute atomic E-state index is 14.2. The smallest absolute Gasteiger partial charge is 0.421 e. The monoisotopic (exact) mass is 697 g/mol. The number of amides is 1. The Kier molecular flexibility index (Phi) is 10.8. The molecule has 1 aromatic carbocycles. The first-order chi connectivity index (χ1) is 23.1. The van der Waals surface area contributed by atoms with Crippen LogP contribution in [0.25, 0.3) is 0 Å². The Morgan fingerprint density at radius 1 is 0.918 bits per heavy atom. The summed E-state index contributed by atoms with van der Waals surface area (Å²) < 4.78 is 98.4. The van der Waals surface area contributed by atoms with Crippen LogP contribution in [0.15, 0.2) is 48.8 Å². The van der Waals surface area contributed by atoms with Crippen molar-refractivity contribution in [3.8, 4) is 5.88 Å². The van der Waals surface area contributed by atoms with Crippen molar-refractivity contribution in [3.63, 3.8) is 0 Å². The first kappa shape index (κ1) is 36.0. The molecule has 0 aliphatic carbocycles. The molecule has 4 heterocycles. The number of carbonyl (C=O) groups excluding carboxylic acids is 1. The number of carbonyl (C=O) groups is 1. The molecule has 266 valence electrons. The molecule has 0 saturated carbocycles. The highest BCUT2D eigenvalue weighted by Gasteiger charge is 2.40. The van der Waals surface area contributed by atoms with Crippen molar-refractivity contribution in [2.24, 2.45) is 0 Å². The number of halogens is 6. The van der Waals surface area contributed by atoms with Crippen molar-refractivity contribution in [2.75, 3.05) is 55.7 Å². The number of hydrogen-bond acceptors (Lipinski definition) is 10. The summed E-state index contributed by atoms with van der Waals surface area (Å²) in [6.07, 6.45) is -7.80. The summed E-state index contributed by atoms with van der Waals surface area (Å²) in [5, 5.41) is 7.90. The molecule has 5 rings (SSSR count). The highest BCUT2D eigenvalue weighted by molar-refractivity contribution is 5.77. The van der Waals surface area contributed by atoms with Gasteiger partial charge in [-0.25, -0.2) is 9.97 Å². The molecule has 0 N–H and O–H groups in total. The van der Waals surface area contributed by atoms with Crippen LogP contribution < -0.4 is 14.5 Å². The number of rotatable bonds is 10. The number of anilines is 2. The normalized spacial score (nSPS) is 19.0. The molecule has 1 amide bonds. The fraction of sp³-hybridized carbons (Fsp3) is 0.531. The lowest BCUT2D eigenvalue weighted by Gasteiger charge is -2.34. The Hall–Kier alpha value is -4.25. The number of nitrogens with zero attached hydrogens (tertiary/aromatic N) is 7. The van der Waals surface area contributed by atoms with Crippen molar-refractivity contribution in [2.45, 2.75) is 63.9 Å². The zero-order chi connectivity index (χ0) is 35.4. The summed E-state index contributed by atoms with van der Waals surface area (Å²) in [5.74, 6) is -0.831. The molecular formula is C32H37F6N7O4. The number of piperazine rings is 1. The highest BCUT2D eigenvalue weighted by Crippen LogP contribution is 2.38. The van der Waals surface area contributed by atoms with Gasteiger partial charge in [-0.1, -0.05) is 30.3 Å². The van der Waals surface area contributed by atoms with E-state index in [1.54, 1.807) is 45.0 Å². The summed E-state index contributed by atoms with van der Waals surface area (Å²) in [6.45, 7) is 6.64. The molecule has 2 aliphatic rings. The molecule has 2 saturated heterocycles. The van der Waals surface area contributed by atoms with E-state index in [4.69, 9.17) is 14.2 Å². The van der Waals surface area contributed by atoms with E-state index in [0.717, 1.165) is 18.5 Å². The standard InChI is InChI=1S/C32H37F6N7O4/c1-30(2,3)49-24-13-23(19-47-20-27(46)43-9-11-44(12-10-43)29-39-15-22(16-40-29)31(33,34)35)45(17-24)26-14-25(32(36,37)38)28(42-41-26)48-18-21-7-5-4-6-8-21/h4-8,14-16,23-24H,9-13,17-20H2,1-3H3/t23-,24-/m0/s1. The van der Waals surface area contributed by atoms with Gasteiger partial charge in [0.1, 0.15) is 18.8 Å². The van der Waals surface area contributed by atoms with Gasteiger partial charge in [-0.15, -0.1) is 10.2 Å². The molecule has 17 heteroatoms. The third-order valence-electron chi connectivity index (χ3n) is 7.88. The molecule has 2 aromatic heterocycles. The van der Waals surface area contributed by atoms with E-state index in [9.17, 15) is 31.1 Å². The predicted molar refractivity (Wildman–Crippen MR) is 165 cm³/mol. The van der Waals surface area contributed by atoms with E-state index in [2.05, 4.69) is 20.2 Å². The van der Waals surface area contributed by atoms with Crippen LogP contribution in [0.1, 0.15) is 43.9 Å². The van der Waals surface area contributed by atoms with Crippen LogP contribution in [0.5, 0.6) is 5.88 Å². The van der Waals surface area contributed by atoms with Crippen molar-refractivity contribution in [3.05, 3.63) is 65.5 Å². The van der Waals surface area contributed by atoms with Gasteiger partial charge in [0, 0.05) is 51.2 Å². The Labute approximate surface area is 279 Å². The average Bonchev–Trinajstić information content (AvgIpc) is 3.44. The number of alkyl halides is 6. The average molecular weight is 698 g/mol. The topological polar surface area (TPSA) is 106 Å². The molecule has 0 unspecified atom stereocenters. The lowest BCUT2D eigenvalue weighted by atomic mass is 10.1. The minimum atomic E-state index is -4.77. The quantitative estimate of drug-likeness (QED) is 0.269. The minimum absolute atomic E-state index is 0.00436. The van der Waals surface area contributed by atoms with Gasteiger partial charge < -0.3 is 28.9 Å². The van der Waals surface area contributed by atoms with Gasteiger partial charge in [0.2, 0.25) is 17.7 Å². The van der Waals surface area contributed by atoms with Gasteiger partial charge >= 0.3 is 12.4 Å². The molecule has 11 nitrogen and oxygen atoms in total. The Morgan fingerprint density at radius 3 is 2.20 bits per heavy atom. The number of aromatic nitrogens is 4. The van der Waals surface area contributed by atoms with Crippen LogP contribution in [0.2, 0.25) is 0 Å². The van der Waals surface area contributed by atoms with E-state index in [1.165, 1.54) is 0 Å². The highest BCUT2D eigenvalue weighted by atomic mass is 19.4. The van der Waals surface area contributed by atoms with Crippen LogP contribution in [-0.4, -0.2) is 94.7 Å². The third kappa shape index (κ3) is 9.68. The number of benzene rings is 1. The second kappa shape index (κ2) is 14.7. The molecule has 0 bridgehead atoms. The van der Waals surface area contributed by atoms with Gasteiger partial charge in [-0.2, -0.15) is 26.3 Å². The van der Waals surface area contributed by atoms with Gasteiger partial charge in [0.25, 0.3) is 0 Å². The fourth-order valence-electron chi connectivity index (χ4n) is 5.60. The van der Waals surface area contributed by atoms with E-state index in [-0.39, 0.29) is 63.2 Å². The van der Waals surface area contributed by atoms with E-state index >= 15 is 0 Å². The van der Waals surface area contributed by atoms with E-state index in [1.807, 2.05) is 20.8 Å². The van der Waals surface area contributed by atoms with Crippen LogP contribution >= 0.6 is 0 Å². The molecule has 49 heavy (non-hydrogen) atoms. The Morgan fingerprint density at radius 2 is 1.59 bits per heavy atom. The Bertz CT molecular complexity index is 1550. The van der Waals surface area contributed by atoms with Crippen LogP contribution in [0.3, 0.4) is 0 Å². The molecular weight excluding hydrogens is 660 g/mol. The molecule has 3 aromatic rings. The van der Waals surface area contributed by atoms with Crippen LogP contribution in [-0.2, 0) is 33.2 Å². The Balaban J connectivity index is 1.20. The second-order valence-corrected chi connectivity index (χ2v) is 12.7. The van der Waals surface area contributed by atoms with Crippen molar-refractivity contribution in [1.29, 1.82) is 0 Å². The first-order valence-corrected chi connectivity index (χ1v) is 15.6. The van der Waals surface area contributed by atoms with Gasteiger partial charge in [0.15, 0.2) is 5.82 Å². The van der Waals surface area contributed by atoms with E-state index in [0.29, 0.717) is 25.1 Å². The van der Waals surface area contributed by atoms with Gasteiger partial charge in [-0.3, -0.25) is 4.79 Å². The third-order valence-corrected chi connectivity index (χ3v) is 7.88. The lowest BCUT2D eigenvalue weighted by Crippen LogP contribution is -2.50. The molecule has 2 aliphatic heterocycles. The second-order valence-electron chi connectivity index (χ2n) is 12.7. The number of hydrogen-bond donors (Lipinski definition) is 0. The van der Waals surface area contributed by atoms with Gasteiger partial charge in [-0.05, 0) is 32.8 Å². The summed E-state index contributed by atoms with van der Waals surface area (Å²) in [7, 11) is 0. The van der Waals surface area contributed by atoms with Crippen LogP contribution in [0, 0.1) is 0 Å². The maximum atomic E-state index is 14.2. The number of ether oxygens (including phenoxy) is 3. The zero-order valence-corrected chi connectivity index (χ0v) is 27.2. The maximum Gasteiger partial charge on any atom is 0.421 e. The molecule has 2 fully saturated rings. The summed E-state index contributed by atoms with van der Waals surface area (Å²) in [4.78, 5) is 25.5. The molecule has 2 atom stereocenters. The fourth-order valence-corrected chi connectivity index (χ4v) is 5.60. The summed E-state index contributed by atoms with van der Waals surface area (Å²) >= 11 is 0. The molecule has 0 spiro atoms. The largest absolute Gasteiger partial charge is 0.471 e.